The third-order valence-corrected chi connectivity index (χ3v) is 3.91. The van der Waals surface area contributed by atoms with Crippen LogP contribution < -0.4 is 15.5 Å². The van der Waals surface area contributed by atoms with Crippen LogP contribution in [0.1, 0.15) is 20.7 Å². The van der Waals surface area contributed by atoms with Gasteiger partial charge in [-0.1, -0.05) is 6.07 Å². The zero-order valence-electron chi connectivity index (χ0n) is 14.4. The maximum atomic E-state index is 12.5. The van der Waals surface area contributed by atoms with E-state index in [1.54, 1.807) is 41.3 Å². The van der Waals surface area contributed by atoms with Gasteiger partial charge in [0.25, 0.3) is 5.91 Å². The Labute approximate surface area is 155 Å². The predicted molar refractivity (Wildman–Crippen MR) is 99.7 cm³/mol. The highest BCUT2D eigenvalue weighted by molar-refractivity contribution is 6.60. The van der Waals surface area contributed by atoms with Crippen molar-refractivity contribution >= 4 is 30.5 Å². The molecule has 1 heterocycles. The molecular formula is C18H16BN3O5. The minimum absolute atomic E-state index is 0.0283. The van der Waals surface area contributed by atoms with Crippen LogP contribution in [0.4, 0.5) is 5.69 Å². The number of hydrogen-bond acceptors (Lipinski definition) is 6. The molecule has 2 aromatic carbocycles. The zero-order valence-corrected chi connectivity index (χ0v) is 14.4. The Morgan fingerprint density at radius 3 is 2.70 bits per heavy atom. The van der Waals surface area contributed by atoms with Crippen LogP contribution in [-0.2, 0) is 0 Å². The molecule has 8 nitrogen and oxygen atoms in total. The summed E-state index contributed by atoms with van der Waals surface area (Å²) in [6.45, 7) is 0. The predicted octanol–water partition coefficient (Wildman–Crippen LogP) is 0.625. The number of aromatic nitrogens is 2. The first-order valence-corrected chi connectivity index (χ1v) is 7.97. The molecule has 3 rings (SSSR count). The Hall–Kier alpha value is -3.43. The average Bonchev–Trinajstić information content (AvgIpc) is 3.21. The Kier molecular flexibility index (Phi) is 5.34. The van der Waals surface area contributed by atoms with Crippen molar-refractivity contribution < 1.29 is 24.4 Å². The minimum atomic E-state index is -1.79. The molecule has 1 amide bonds. The van der Waals surface area contributed by atoms with Crippen molar-refractivity contribution in [1.82, 2.24) is 9.78 Å². The molecule has 0 aliphatic carbocycles. The highest BCUT2D eigenvalue weighted by Gasteiger charge is 2.18. The van der Waals surface area contributed by atoms with Gasteiger partial charge in [-0.15, -0.1) is 0 Å². The van der Waals surface area contributed by atoms with Crippen LogP contribution >= 0.6 is 0 Å². The number of methoxy groups -OCH3 is 1. The number of amides is 1. The molecule has 0 unspecified atom stereocenters. The molecule has 27 heavy (non-hydrogen) atoms. The van der Waals surface area contributed by atoms with Crippen LogP contribution in [-0.4, -0.2) is 46.3 Å². The van der Waals surface area contributed by atoms with Crippen LogP contribution in [0.5, 0.6) is 5.75 Å². The van der Waals surface area contributed by atoms with Crippen molar-refractivity contribution in [2.24, 2.45) is 0 Å². The number of nitrogens with zero attached hydrogens (tertiary/aromatic N) is 2. The fraction of sp³-hybridized carbons (Fsp3) is 0.0556. The topological polar surface area (TPSA) is 114 Å². The lowest BCUT2D eigenvalue weighted by molar-refractivity contribution is 0.102. The molecule has 0 radical (unpaired) electrons. The molecule has 1 aromatic heterocycles. The third kappa shape index (κ3) is 4.05. The van der Waals surface area contributed by atoms with E-state index in [0.717, 1.165) is 0 Å². The first kappa shape index (κ1) is 18.4. The van der Waals surface area contributed by atoms with Gasteiger partial charge in [0.05, 0.1) is 12.8 Å². The van der Waals surface area contributed by atoms with E-state index in [0.29, 0.717) is 23.4 Å². The Bertz CT molecular complexity index is 973. The van der Waals surface area contributed by atoms with E-state index in [1.165, 1.54) is 25.3 Å². The lowest BCUT2D eigenvalue weighted by Gasteiger charge is -2.11. The van der Waals surface area contributed by atoms with Gasteiger partial charge in [0.2, 0.25) is 0 Å². The second-order valence-electron chi connectivity index (χ2n) is 5.66. The van der Waals surface area contributed by atoms with Crippen LogP contribution in [0.2, 0.25) is 0 Å². The number of aldehydes is 1. The molecule has 3 aromatic rings. The second-order valence-corrected chi connectivity index (χ2v) is 5.66. The van der Waals surface area contributed by atoms with Gasteiger partial charge in [0, 0.05) is 41.3 Å². The monoisotopic (exact) mass is 365 g/mol. The summed E-state index contributed by atoms with van der Waals surface area (Å²) < 4.78 is 6.89. The molecule has 0 atom stereocenters. The first-order chi connectivity index (χ1) is 13.0. The molecule has 0 fully saturated rings. The summed E-state index contributed by atoms with van der Waals surface area (Å²) in [5.74, 6) is 0.0716. The summed E-state index contributed by atoms with van der Waals surface area (Å²) in [5, 5.41) is 25.4. The van der Waals surface area contributed by atoms with Crippen molar-refractivity contribution in [2.75, 3.05) is 12.4 Å². The quantitative estimate of drug-likeness (QED) is 0.436. The van der Waals surface area contributed by atoms with Crippen LogP contribution in [0.15, 0.2) is 54.9 Å². The fourth-order valence-electron chi connectivity index (χ4n) is 2.58. The number of carbonyl (C=O) groups excluding carboxylic acids is 2. The molecule has 0 aliphatic heterocycles. The smallest absolute Gasteiger partial charge is 0.489 e. The Morgan fingerprint density at radius 1 is 1.26 bits per heavy atom. The maximum absolute atomic E-state index is 12.5. The van der Waals surface area contributed by atoms with E-state index in [1.807, 2.05) is 0 Å². The van der Waals surface area contributed by atoms with Crippen LogP contribution in [0.25, 0.3) is 5.69 Å². The van der Waals surface area contributed by atoms with Gasteiger partial charge in [0.1, 0.15) is 12.0 Å². The van der Waals surface area contributed by atoms with E-state index in [-0.39, 0.29) is 16.6 Å². The molecule has 136 valence electrons. The highest BCUT2D eigenvalue weighted by atomic mass is 16.5. The van der Waals surface area contributed by atoms with Crippen molar-refractivity contribution in [1.29, 1.82) is 0 Å². The maximum Gasteiger partial charge on any atom is 0.489 e. The normalized spacial score (nSPS) is 10.3. The van der Waals surface area contributed by atoms with Crippen LogP contribution in [0, 0.1) is 0 Å². The number of carbonyl (C=O) groups is 2. The van der Waals surface area contributed by atoms with E-state index in [9.17, 15) is 19.6 Å². The Morgan fingerprint density at radius 2 is 2.07 bits per heavy atom. The highest BCUT2D eigenvalue weighted by Crippen LogP contribution is 2.23. The number of ether oxygens (including phenoxy) is 1. The van der Waals surface area contributed by atoms with Gasteiger partial charge in [-0.3, -0.25) is 9.59 Å². The van der Waals surface area contributed by atoms with Crippen molar-refractivity contribution in [3.63, 3.8) is 0 Å². The van der Waals surface area contributed by atoms with E-state index >= 15 is 0 Å². The summed E-state index contributed by atoms with van der Waals surface area (Å²) in [5.41, 5.74) is 1.43. The van der Waals surface area contributed by atoms with Gasteiger partial charge < -0.3 is 20.1 Å². The van der Waals surface area contributed by atoms with Gasteiger partial charge in [-0.25, -0.2) is 4.68 Å². The number of anilines is 1. The molecular weight excluding hydrogens is 349 g/mol. The van der Waals surface area contributed by atoms with Gasteiger partial charge >= 0.3 is 7.12 Å². The standard InChI is InChI=1S/C18H16BN3O5/c1-27-16-9-14(8-15(10-16)22-6-2-5-20-22)21-18(24)12-3-4-17(19(25)26)13(7-12)11-23/h2-11,25-26H,1H3,(H,21,24). The van der Waals surface area contributed by atoms with Crippen molar-refractivity contribution in [2.45, 2.75) is 0 Å². The summed E-state index contributed by atoms with van der Waals surface area (Å²) in [7, 11) is -0.277. The van der Waals surface area contributed by atoms with Crippen molar-refractivity contribution in [3.8, 4) is 11.4 Å². The average molecular weight is 365 g/mol. The number of rotatable bonds is 6. The molecule has 9 heteroatoms. The number of hydrogen-bond donors (Lipinski definition) is 3. The largest absolute Gasteiger partial charge is 0.497 e. The lowest BCUT2D eigenvalue weighted by Crippen LogP contribution is -2.33. The first-order valence-electron chi connectivity index (χ1n) is 7.97. The van der Waals surface area contributed by atoms with Crippen molar-refractivity contribution in [3.05, 3.63) is 66.0 Å². The van der Waals surface area contributed by atoms with Crippen LogP contribution in [0.3, 0.4) is 0 Å². The summed E-state index contributed by atoms with van der Waals surface area (Å²) >= 11 is 0. The molecule has 0 aliphatic rings. The van der Waals surface area contributed by atoms with Gasteiger partial charge in [-0.2, -0.15) is 5.10 Å². The number of benzene rings is 2. The molecule has 0 spiro atoms. The lowest BCUT2D eigenvalue weighted by atomic mass is 9.77. The molecule has 0 saturated carbocycles. The molecule has 0 bridgehead atoms. The zero-order chi connectivity index (χ0) is 19.4. The summed E-state index contributed by atoms with van der Waals surface area (Å²) in [6, 6.07) is 10.9. The molecule has 3 N–H and O–H groups in total. The third-order valence-electron chi connectivity index (χ3n) is 3.91. The Balaban J connectivity index is 1.90. The summed E-state index contributed by atoms with van der Waals surface area (Å²) in [6.07, 6.45) is 3.86. The van der Waals surface area contributed by atoms with E-state index in [2.05, 4.69) is 10.4 Å². The van der Waals surface area contributed by atoms with Gasteiger partial charge in [0.15, 0.2) is 0 Å². The van der Waals surface area contributed by atoms with E-state index < -0.39 is 13.0 Å². The second kappa shape index (κ2) is 7.86. The van der Waals surface area contributed by atoms with E-state index in [4.69, 9.17) is 4.74 Å². The summed E-state index contributed by atoms with van der Waals surface area (Å²) in [4.78, 5) is 23.7. The number of nitrogens with one attached hydrogen (secondary N) is 1. The SMILES string of the molecule is COc1cc(NC(=O)c2ccc(B(O)O)c(C=O)c2)cc(-n2cccn2)c1. The fourth-order valence-corrected chi connectivity index (χ4v) is 2.58. The van der Waals surface area contributed by atoms with Gasteiger partial charge in [-0.05, 0) is 29.7 Å². The molecule has 0 saturated heterocycles. The minimum Gasteiger partial charge on any atom is -0.497 e.